The molecule has 0 saturated carbocycles. The molecular formula is C17H24N2O. The normalized spacial score (nSPS) is 17.8. The Morgan fingerprint density at radius 2 is 1.70 bits per heavy atom. The number of hydrogen-bond acceptors (Lipinski definition) is 3. The van der Waals surface area contributed by atoms with Gasteiger partial charge in [-0.25, -0.2) is 0 Å². The molecule has 108 valence electrons. The molecule has 1 unspecified atom stereocenters. The molecule has 1 saturated heterocycles. The second-order valence-electron chi connectivity index (χ2n) is 5.77. The van der Waals surface area contributed by atoms with Crippen molar-refractivity contribution in [3.63, 3.8) is 0 Å². The molecule has 1 heterocycles. The first kappa shape index (κ1) is 15.0. The van der Waals surface area contributed by atoms with Gasteiger partial charge in [0.05, 0.1) is 25.2 Å². The van der Waals surface area contributed by atoms with Crippen molar-refractivity contribution >= 4 is 0 Å². The van der Waals surface area contributed by atoms with Crippen molar-refractivity contribution in [3.05, 3.63) is 33.9 Å². The van der Waals surface area contributed by atoms with Crippen molar-refractivity contribution in [2.45, 2.75) is 33.6 Å². The Bertz CT molecular complexity index is 499. The van der Waals surface area contributed by atoms with E-state index in [-0.39, 0.29) is 5.92 Å². The molecule has 0 aliphatic carbocycles. The summed E-state index contributed by atoms with van der Waals surface area (Å²) in [6.45, 7) is 12.8. The van der Waals surface area contributed by atoms with Crippen LogP contribution in [0.3, 0.4) is 0 Å². The second kappa shape index (κ2) is 6.39. The van der Waals surface area contributed by atoms with E-state index >= 15 is 0 Å². The maximum absolute atomic E-state index is 9.63. The van der Waals surface area contributed by atoms with E-state index in [0.717, 1.165) is 32.8 Å². The number of rotatable bonds is 3. The number of ether oxygens (including phenoxy) is 1. The van der Waals surface area contributed by atoms with Gasteiger partial charge in [0.2, 0.25) is 0 Å². The van der Waals surface area contributed by atoms with Gasteiger partial charge in [-0.2, -0.15) is 5.26 Å². The van der Waals surface area contributed by atoms with E-state index in [9.17, 15) is 5.26 Å². The average molecular weight is 272 g/mol. The highest BCUT2D eigenvalue weighted by atomic mass is 16.5. The Morgan fingerprint density at radius 3 is 2.20 bits per heavy atom. The van der Waals surface area contributed by atoms with Crippen LogP contribution in [0.25, 0.3) is 0 Å². The topological polar surface area (TPSA) is 36.3 Å². The van der Waals surface area contributed by atoms with Gasteiger partial charge >= 0.3 is 0 Å². The van der Waals surface area contributed by atoms with Gasteiger partial charge in [0.15, 0.2) is 0 Å². The minimum absolute atomic E-state index is 0.0494. The summed E-state index contributed by atoms with van der Waals surface area (Å²) in [5.41, 5.74) is 6.34. The molecule has 1 aliphatic rings. The van der Waals surface area contributed by atoms with E-state index in [1.54, 1.807) is 0 Å². The summed E-state index contributed by atoms with van der Waals surface area (Å²) in [6, 6.07) is 4.74. The number of hydrogen-bond donors (Lipinski definition) is 0. The molecule has 0 amide bonds. The van der Waals surface area contributed by atoms with Crippen LogP contribution >= 0.6 is 0 Å². The van der Waals surface area contributed by atoms with Crippen LogP contribution in [0.2, 0.25) is 0 Å². The van der Waals surface area contributed by atoms with Gasteiger partial charge in [0.25, 0.3) is 0 Å². The van der Waals surface area contributed by atoms with Gasteiger partial charge in [-0.3, -0.25) is 4.90 Å². The molecule has 1 atom stereocenters. The van der Waals surface area contributed by atoms with E-state index in [2.05, 4.69) is 44.7 Å². The fraction of sp³-hybridized carbons (Fsp3) is 0.588. The highest BCUT2D eigenvalue weighted by Crippen LogP contribution is 2.29. The second-order valence-corrected chi connectivity index (χ2v) is 5.77. The van der Waals surface area contributed by atoms with Crippen molar-refractivity contribution in [1.29, 1.82) is 5.26 Å². The van der Waals surface area contributed by atoms with Crippen molar-refractivity contribution in [1.82, 2.24) is 4.90 Å². The van der Waals surface area contributed by atoms with Crippen molar-refractivity contribution in [3.8, 4) is 6.07 Å². The van der Waals surface area contributed by atoms with Gasteiger partial charge < -0.3 is 4.74 Å². The molecule has 1 aliphatic heterocycles. The summed E-state index contributed by atoms with van der Waals surface area (Å²) in [7, 11) is 0. The van der Waals surface area contributed by atoms with Gasteiger partial charge in [0.1, 0.15) is 0 Å². The fourth-order valence-electron chi connectivity index (χ4n) is 3.01. The molecule has 1 aromatic rings. The van der Waals surface area contributed by atoms with Crippen LogP contribution in [0.1, 0.15) is 33.7 Å². The third kappa shape index (κ3) is 3.03. The van der Waals surface area contributed by atoms with E-state index in [0.29, 0.717) is 0 Å². The number of aryl methyl sites for hydroxylation is 2. The average Bonchev–Trinajstić information content (AvgIpc) is 2.45. The lowest BCUT2D eigenvalue weighted by molar-refractivity contribution is 0.0370. The van der Waals surface area contributed by atoms with Crippen LogP contribution in [0.5, 0.6) is 0 Å². The Hall–Kier alpha value is -1.37. The molecule has 3 heteroatoms. The predicted octanol–water partition coefficient (Wildman–Crippen LogP) is 2.86. The summed E-state index contributed by atoms with van der Waals surface area (Å²) in [5, 5.41) is 9.63. The summed E-state index contributed by atoms with van der Waals surface area (Å²) in [5.74, 6) is -0.0494. The van der Waals surface area contributed by atoms with Crippen LogP contribution in [-0.2, 0) is 4.74 Å². The molecular weight excluding hydrogens is 248 g/mol. The minimum atomic E-state index is -0.0494. The molecule has 1 aromatic carbocycles. The van der Waals surface area contributed by atoms with E-state index in [1.165, 1.54) is 27.8 Å². The molecule has 0 radical (unpaired) electrons. The largest absolute Gasteiger partial charge is 0.379 e. The lowest BCUT2D eigenvalue weighted by Crippen LogP contribution is -2.38. The van der Waals surface area contributed by atoms with Crippen LogP contribution in [0, 0.1) is 39.0 Å². The summed E-state index contributed by atoms with van der Waals surface area (Å²) in [4.78, 5) is 2.34. The number of benzene rings is 1. The lowest BCUT2D eigenvalue weighted by Gasteiger charge is -2.29. The number of nitrogens with zero attached hydrogens (tertiary/aromatic N) is 2. The summed E-state index contributed by atoms with van der Waals surface area (Å²) < 4.78 is 5.38. The zero-order valence-corrected chi connectivity index (χ0v) is 13.0. The van der Waals surface area contributed by atoms with E-state index in [1.807, 2.05) is 0 Å². The third-order valence-corrected chi connectivity index (χ3v) is 4.47. The van der Waals surface area contributed by atoms with Crippen molar-refractivity contribution < 1.29 is 4.74 Å². The number of morpholine rings is 1. The zero-order valence-electron chi connectivity index (χ0n) is 13.0. The van der Waals surface area contributed by atoms with Gasteiger partial charge in [-0.15, -0.1) is 0 Å². The molecule has 0 spiro atoms. The first-order valence-electron chi connectivity index (χ1n) is 7.31. The van der Waals surface area contributed by atoms with E-state index in [4.69, 9.17) is 4.74 Å². The number of nitriles is 1. The third-order valence-electron chi connectivity index (χ3n) is 4.47. The van der Waals surface area contributed by atoms with Crippen LogP contribution in [0.4, 0.5) is 0 Å². The molecule has 0 N–H and O–H groups in total. The molecule has 0 aromatic heterocycles. The van der Waals surface area contributed by atoms with Crippen LogP contribution in [-0.4, -0.2) is 37.7 Å². The van der Waals surface area contributed by atoms with Crippen LogP contribution < -0.4 is 0 Å². The predicted molar refractivity (Wildman–Crippen MR) is 81.0 cm³/mol. The highest BCUT2D eigenvalue weighted by molar-refractivity contribution is 5.47. The van der Waals surface area contributed by atoms with Crippen molar-refractivity contribution in [2.75, 3.05) is 32.8 Å². The van der Waals surface area contributed by atoms with Gasteiger partial charge in [0, 0.05) is 19.6 Å². The molecule has 2 rings (SSSR count). The Morgan fingerprint density at radius 1 is 1.15 bits per heavy atom. The molecule has 0 bridgehead atoms. The minimum Gasteiger partial charge on any atom is -0.379 e. The molecule has 20 heavy (non-hydrogen) atoms. The first-order chi connectivity index (χ1) is 9.54. The highest BCUT2D eigenvalue weighted by Gasteiger charge is 2.22. The van der Waals surface area contributed by atoms with Gasteiger partial charge in [-0.05, 0) is 55.5 Å². The Labute approximate surface area is 122 Å². The quantitative estimate of drug-likeness (QED) is 0.849. The maximum Gasteiger partial charge on any atom is 0.0845 e. The van der Waals surface area contributed by atoms with Gasteiger partial charge in [-0.1, -0.05) is 6.07 Å². The Balaban J connectivity index is 2.30. The SMILES string of the molecule is Cc1cc(C)c(C)c(C(C#N)CN2CCOCC2)c1C. The first-order valence-corrected chi connectivity index (χ1v) is 7.31. The maximum atomic E-state index is 9.63. The summed E-state index contributed by atoms with van der Waals surface area (Å²) >= 11 is 0. The van der Waals surface area contributed by atoms with Crippen LogP contribution in [0.15, 0.2) is 6.07 Å². The molecule has 1 fully saturated rings. The monoisotopic (exact) mass is 272 g/mol. The standard InChI is InChI=1S/C17H24N2O/c1-12-9-13(2)15(4)17(14(12)3)16(10-18)11-19-5-7-20-8-6-19/h9,16H,5-8,11H2,1-4H3. The Kier molecular flexibility index (Phi) is 4.80. The fourth-order valence-corrected chi connectivity index (χ4v) is 3.01. The zero-order chi connectivity index (χ0) is 14.7. The molecule has 3 nitrogen and oxygen atoms in total. The lowest BCUT2D eigenvalue weighted by atomic mass is 9.86. The van der Waals surface area contributed by atoms with Crippen molar-refractivity contribution in [2.24, 2.45) is 0 Å². The summed E-state index contributed by atoms with van der Waals surface area (Å²) in [6.07, 6.45) is 0. The van der Waals surface area contributed by atoms with E-state index < -0.39 is 0 Å². The smallest absolute Gasteiger partial charge is 0.0845 e.